The lowest BCUT2D eigenvalue weighted by Crippen LogP contribution is -2.18. The monoisotopic (exact) mass is 353 g/mol. The minimum absolute atomic E-state index is 0.465. The number of nitrogens with one attached hydrogen (secondary N) is 2. The van der Waals surface area contributed by atoms with Crippen LogP contribution in [0.5, 0.6) is 0 Å². The first-order chi connectivity index (χ1) is 10.1. The normalized spacial score (nSPS) is 10.6. The first kappa shape index (κ1) is 14.5. The zero-order valence-electron chi connectivity index (χ0n) is 10.6. The molecule has 0 radical (unpaired) electrons. The third-order valence-corrected chi connectivity index (χ3v) is 4.39. The van der Waals surface area contributed by atoms with Gasteiger partial charge in [-0.3, -0.25) is 0 Å². The Bertz CT molecular complexity index is 800. The molecular formula is C14H9Cl2N3S2. The Balaban J connectivity index is 1.74. The molecule has 0 atom stereocenters. The second-order valence-corrected chi connectivity index (χ2v) is 6.47. The molecule has 0 aliphatic carbocycles. The van der Waals surface area contributed by atoms with Crippen molar-refractivity contribution < 1.29 is 0 Å². The van der Waals surface area contributed by atoms with Crippen LogP contribution in [-0.2, 0) is 0 Å². The van der Waals surface area contributed by atoms with E-state index in [1.165, 1.54) is 11.3 Å². The molecule has 3 nitrogen and oxygen atoms in total. The molecule has 0 amide bonds. The van der Waals surface area contributed by atoms with Gasteiger partial charge in [0.15, 0.2) is 10.2 Å². The van der Waals surface area contributed by atoms with Crippen LogP contribution in [0.15, 0.2) is 42.5 Å². The first-order valence-corrected chi connectivity index (χ1v) is 7.98. The molecule has 21 heavy (non-hydrogen) atoms. The lowest BCUT2D eigenvalue weighted by atomic mass is 10.3. The summed E-state index contributed by atoms with van der Waals surface area (Å²) < 4.78 is 1.01. The van der Waals surface area contributed by atoms with Crippen molar-refractivity contribution in [2.75, 3.05) is 10.6 Å². The maximum Gasteiger partial charge on any atom is 0.190 e. The summed E-state index contributed by atoms with van der Waals surface area (Å²) in [5.41, 5.74) is 1.64. The molecule has 1 aromatic heterocycles. The van der Waals surface area contributed by atoms with Crippen molar-refractivity contribution in [3.8, 4) is 0 Å². The fourth-order valence-corrected chi connectivity index (χ4v) is 3.34. The van der Waals surface area contributed by atoms with Gasteiger partial charge in [-0.15, -0.1) is 0 Å². The predicted octanol–water partition coefficient (Wildman–Crippen LogP) is 5.41. The Morgan fingerprint density at radius 3 is 2.52 bits per heavy atom. The van der Waals surface area contributed by atoms with Crippen LogP contribution in [0, 0.1) is 0 Å². The molecule has 0 fully saturated rings. The van der Waals surface area contributed by atoms with Gasteiger partial charge in [0.1, 0.15) is 5.52 Å². The van der Waals surface area contributed by atoms with E-state index in [0.29, 0.717) is 20.3 Å². The Hall–Kier alpha value is -1.40. The van der Waals surface area contributed by atoms with Gasteiger partial charge in [-0.05, 0) is 48.6 Å². The van der Waals surface area contributed by atoms with Gasteiger partial charge in [0, 0.05) is 10.7 Å². The van der Waals surface area contributed by atoms with Crippen molar-refractivity contribution in [2.45, 2.75) is 0 Å². The smallest absolute Gasteiger partial charge is 0.190 e. The maximum absolute atomic E-state index is 6.11. The Morgan fingerprint density at radius 2 is 1.81 bits per heavy atom. The molecule has 0 bridgehead atoms. The van der Waals surface area contributed by atoms with E-state index in [0.717, 1.165) is 15.9 Å². The second-order valence-electron chi connectivity index (χ2n) is 4.19. The Labute approximate surface area is 140 Å². The van der Waals surface area contributed by atoms with E-state index in [-0.39, 0.29) is 0 Å². The SMILES string of the molecule is S=C(Nc1ccc(Cl)cc1)Nc1nc2c(Cl)cccc2s1. The highest BCUT2D eigenvalue weighted by Gasteiger charge is 2.08. The number of halogens is 2. The van der Waals surface area contributed by atoms with E-state index in [9.17, 15) is 0 Å². The highest BCUT2D eigenvalue weighted by molar-refractivity contribution is 7.80. The lowest BCUT2D eigenvalue weighted by Gasteiger charge is -2.07. The number of thiocarbonyl (C=S) groups is 1. The molecule has 3 aromatic rings. The summed E-state index contributed by atoms with van der Waals surface area (Å²) >= 11 is 18.7. The third kappa shape index (κ3) is 3.44. The molecule has 106 valence electrons. The van der Waals surface area contributed by atoms with Crippen LogP contribution in [0.4, 0.5) is 10.8 Å². The zero-order chi connectivity index (χ0) is 14.8. The summed E-state index contributed by atoms with van der Waals surface area (Å²) in [6, 6.07) is 13.0. The number of anilines is 2. The van der Waals surface area contributed by atoms with Crippen molar-refractivity contribution in [1.29, 1.82) is 0 Å². The molecule has 0 saturated heterocycles. The van der Waals surface area contributed by atoms with Crippen LogP contribution in [0.3, 0.4) is 0 Å². The number of nitrogens with zero attached hydrogens (tertiary/aromatic N) is 1. The van der Waals surface area contributed by atoms with E-state index in [4.69, 9.17) is 35.4 Å². The fraction of sp³-hybridized carbons (Fsp3) is 0. The third-order valence-electron chi connectivity index (χ3n) is 2.69. The van der Waals surface area contributed by atoms with Crippen LogP contribution in [0.25, 0.3) is 10.2 Å². The van der Waals surface area contributed by atoms with Crippen molar-refractivity contribution in [1.82, 2.24) is 4.98 Å². The van der Waals surface area contributed by atoms with Gasteiger partial charge in [0.2, 0.25) is 0 Å². The minimum atomic E-state index is 0.465. The van der Waals surface area contributed by atoms with Crippen LogP contribution in [0.1, 0.15) is 0 Å². The number of para-hydroxylation sites is 1. The number of hydrogen-bond acceptors (Lipinski definition) is 3. The van der Waals surface area contributed by atoms with Crippen LogP contribution < -0.4 is 10.6 Å². The molecular weight excluding hydrogens is 345 g/mol. The molecule has 3 rings (SSSR count). The summed E-state index contributed by atoms with van der Waals surface area (Å²) in [4.78, 5) is 4.43. The fourth-order valence-electron chi connectivity index (χ4n) is 1.76. The quantitative estimate of drug-likeness (QED) is 0.603. The molecule has 0 saturated carbocycles. The average molecular weight is 354 g/mol. The molecule has 1 heterocycles. The van der Waals surface area contributed by atoms with Crippen molar-refractivity contribution in [3.05, 3.63) is 52.5 Å². The van der Waals surface area contributed by atoms with Crippen LogP contribution in [-0.4, -0.2) is 10.1 Å². The highest BCUT2D eigenvalue weighted by atomic mass is 35.5. The van der Waals surface area contributed by atoms with Gasteiger partial charge < -0.3 is 10.6 Å². The molecule has 2 aromatic carbocycles. The van der Waals surface area contributed by atoms with E-state index in [1.54, 1.807) is 12.1 Å². The molecule has 0 aliphatic heterocycles. The minimum Gasteiger partial charge on any atom is -0.332 e. The van der Waals surface area contributed by atoms with Gasteiger partial charge in [-0.25, -0.2) is 4.98 Å². The predicted molar refractivity (Wildman–Crippen MR) is 95.9 cm³/mol. The summed E-state index contributed by atoms with van der Waals surface area (Å²) in [5, 5.41) is 8.61. The van der Waals surface area contributed by atoms with Gasteiger partial charge in [-0.1, -0.05) is 40.6 Å². The van der Waals surface area contributed by atoms with Crippen molar-refractivity contribution >= 4 is 72.9 Å². The highest BCUT2D eigenvalue weighted by Crippen LogP contribution is 2.30. The average Bonchev–Trinajstić information content (AvgIpc) is 2.85. The molecule has 0 aliphatic rings. The second kappa shape index (κ2) is 6.15. The van der Waals surface area contributed by atoms with Crippen LogP contribution >= 0.6 is 46.8 Å². The standard InChI is InChI=1S/C14H9Cl2N3S2/c15-8-4-6-9(7-5-8)17-13(20)19-14-18-12-10(16)2-1-3-11(12)21-14/h1-7H,(H2,17,18,19,20). The van der Waals surface area contributed by atoms with E-state index in [1.807, 2.05) is 30.3 Å². The number of benzene rings is 2. The number of thiazole rings is 1. The van der Waals surface area contributed by atoms with E-state index in [2.05, 4.69) is 15.6 Å². The van der Waals surface area contributed by atoms with Gasteiger partial charge in [0.05, 0.1) is 9.72 Å². The molecule has 0 unspecified atom stereocenters. The maximum atomic E-state index is 6.11. The zero-order valence-corrected chi connectivity index (χ0v) is 13.7. The number of hydrogen-bond donors (Lipinski definition) is 2. The van der Waals surface area contributed by atoms with Gasteiger partial charge in [0.25, 0.3) is 0 Å². The first-order valence-electron chi connectivity index (χ1n) is 6.00. The summed E-state index contributed by atoms with van der Waals surface area (Å²) in [6.45, 7) is 0. The van der Waals surface area contributed by atoms with Crippen LogP contribution in [0.2, 0.25) is 10.0 Å². The summed E-state index contributed by atoms with van der Waals surface area (Å²) in [5.74, 6) is 0. The number of aromatic nitrogens is 1. The Kier molecular flexibility index (Phi) is 4.26. The molecule has 0 spiro atoms. The van der Waals surface area contributed by atoms with E-state index < -0.39 is 0 Å². The van der Waals surface area contributed by atoms with E-state index >= 15 is 0 Å². The summed E-state index contributed by atoms with van der Waals surface area (Å²) in [6.07, 6.45) is 0. The number of fused-ring (bicyclic) bond motifs is 1. The largest absolute Gasteiger partial charge is 0.332 e. The van der Waals surface area contributed by atoms with Gasteiger partial charge in [-0.2, -0.15) is 0 Å². The number of rotatable bonds is 2. The Morgan fingerprint density at radius 1 is 1.05 bits per heavy atom. The topological polar surface area (TPSA) is 37.0 Å². The summed E-state index contributed by atoms with van der Waals surface area (Å²) in [7, 11) is 0. The molecule has 2 N–H and O–H groups in total. The van der Waals surface area contributed by atoms with Crippen molar-refractivity contribution in [3.63, 3.8) is 0 Å². The van der Waals surface area contributed by atoms with Crippen molar-refractivity contribution in [2.24, 2.45) is 0 Å². The van der Waals surface area contributed by atoms with Gasteiger partial charge >= 0.3 is 0 Å². The molecule has 7 heteroatoms. The lowest BCUT2D eigenvalue weighted by molar-refractivity contribution is 1.47.